The number of para-hydroxylation sites is 1. The van der Waals surface area contributed by atoms with E-state index in [0.717, 1.165) is 9.65 Å². The fraction of sp³-hybridized carbons (Fsp3) is 0. The van der Waals surface area contributed by atoms with Gasteiger partial charge in [0.05, 0.1) is 0 Å². The first-order valence-electron chi connectivity index (χ1n) is 6.54. The molecule has 0 saturated heterocycles. The Morgan fingerprint density at radius 3 is 2.86 bits per heavy atom. The summed E-state index contributed by atoms with van der Waals surface area (Å²) in [6.07, 6.45) is 0. The number of aromatic hydroxyl groups is 1. The van der Waals surface area contributed by atoms with Crippen molar-refractivity contribution in [1.29, 1.82) is 0 Å². The van der Waals surface area contributed by atoms with Crippen LogP contribution in [0.3, 0.4) is 0 Å². The van der Waals surface area contributed by atoms with E-state index in [0.29, 0.717) is 21.7 Å². The van der Waals surface area contributed by atoms with Gasteiger partial charge in [-0.2, -0.15) is 0 Å². The first-order valence-corrected chi connectivity index (χ1v) is 8.54. The minimum atomic E-state index is -0.206. The van der Waals surface area contributed by atoms with Crippen molar-refractivity contribution in [3.05, 3.63) is 63.9 Å². The number of aromatic nitrogens is 2. The van der Waals surface area contributed by atoms with E-state index in [-0.39, 0.29) is 26.0 Å². The number of nitrogens with zero attached hydrogens (tertiary/aromatic N) is 2. The fourth-order valence-electron chi connectivity index (χ4n) is 2.38. The number of rotatable bonds is 1. The standard InChI is InChI=1S/C16H9ClN2O2Se/c17-10-5-6-11-13(8-10)22-19(16(11)21)14-7-4-9-2-1-3-12(20)15(9)18-14/h1-8,20H. The van der Waals surface area contributed by atoms with E-state index in [1.807, 2.05) is 18.2 Å². The summed E-state index contributed by atoms with van der Waals surface area (Å²) in [5.74, 6) is 0.658. The van der Waals surface area contributed by atoms with Gasteiger partial charge >= 0.3 is 136 Å². The van der Waals surface area contributed by atoms with Gasteiger partial charge in [0.15, 0.2) is 0 Å². The molecule has 4 aromatic rings. The van der Waals surface area contributed by atoms with Gasteiger partial charge in [-0.1, -0.05) is 0 Å². The maximum atomic E-state index is 12.5. The second-order valence-electron chi connectivity index (χ2n) is 4.85. The Bertz CT molecular complexity index is 1080. The SMILES string of the molecule is O=c1c2ccc(Cl)cc2[se]n1-c1ccc2cccc(O)c2n1. The van der Waals surface area contributed by atoms with Gasteiger partial charge in [-0.25, -0.2) is 0 Å². The molecule has 0 amide bonds. The number of pyridine rings is 1. The van der Waals surface area contributed by atoms with Crippen LogP contribution in [-0.2, 0) is 0 Å². The van der Waals surface area contributed by atoms with E-state index in [9.17, 15) is 9.90 Å². The molecule has 1 N–H and O–H groups in total. The molecule has 0 aliphatic carbocycles. The summed E-state index contributed by atoms with van der Waals surface area (Å²) in [6.45, 7) is 0. The molecule has 0 spiro atoms. The number of phenolic OH excluding ortho intramolecular Hbond substituents is 1. The van der Waals surface area contributed by atoms with Gasteiger partial charge in [0.1, 0.15) is 0 Å². The van der Waals surface area contributed by atoms with Crippen LogP contribution in [0.1, 0.15) is 0 Å². The quantitative estimate of drug-likeness (QED) is 0.520. The first kappa shape index (κ1) is 13.6. The van der Waals surface area contributed by atoms with Crippen LogP contribution in [0, 0.1) is 0 Å². The zero-order valence-electron chi connectivity index (χ0n) is 11.2. The Kier molecular flexibility index (Phi) is 3.08. The van der Waals surface area contributed by atoms with E-state index in [4.69, 9.17) is 11.6 Å². The Hall–Kier alpha value is -2.07. The molecule has 22 heavy (non-hydrogen) atoms. The summed E-state index contributed by atoms with van der Waals surface area (Å²) in [7, 11) is 0. The second kappa shape index (κ2) is 4.99. The van der Waals surface area contributed by atoms with E-state index >= 15 is 0 Å². The van der Waals surface area contributed by atoms with Crippen LogP contribution < -0.4 is 5.56 Å². The summed E-state index contributed by atoms with van der Waals surface area (Å²) in [5.41, 5.74) is 0.423. The van der Waals surface area contributed by atoms with Crippen molar-refractivity contribution in [1.82, 2.24) is 8.55 Å². The van der Waals surface area contributed by atoms with Crippen molar-refractivity contribution < 1.29 is 5.11 Å². The van der Waals surface area contributed by atoms with Crippen LogP contribution in [0.15, 0.2) is 53.3 Å². The van der Waals surface area contributed by atoms with E-state index in [2.05, 4.69) is 4.98 Å². The molecule has 0 aliphatic heterocycles. The summed E-state index contributed by atoms with van der Waals surface area (Å²) in [6, 6.07) is 14.2. The molecular weight excluding hydrogens is 367 g/mol. The zero-order valence-corrected chi connectivity index (χ0v) is 13.6. The molecule has 2 heterocycles. The average Bonchev–Trinajstić information content (AvgIpc) is 2.84. The molecule has 2 aromatic heterocycles. The first-order chi connectivity index (χ1) is 10.6. The van der Waals surface area contributed by atoms with Gasteiger partial charge in [-0.3, -0.25) is 0 Å². The number of phenols is 1. The van der Waals surface area contributed by atoms with Crippen molar-refractivity contribution >= 4 is 46.9 Å². The summed E-state index contributed by atoms with van der Waals surface area (Å²) in [5, 5.41) is 12.1. The fourth-order valence-corrected chi connectivity index (χ4v) is 4.81. The van der Waals surface area contributed by atoms with Gasteiger partial charge in [-0.05, 0) is 0 Å². The van der Waals surface area contributed by atoms with Gasteiger partial charge < -0.3 is 0 Å². The minimum absolute atomic E-state index is 0.0751. The van der Waals surface area contributed by atoms with Crippen molar-refractivity contribution in [3.63, 3.8) is 0 Å². The molecule has 4 nitrogen and oxygen atoms in total. The Morgan fingerprint density at radius 2 is 2.00 bits per heavy atom. The third kappa shape index (κ3) is 2.06. The molecule has 0 bridgehead atoms. The van der Waals surface area contributed by atoms with Crippen LogP contribution in [-0.4, -0.2) is 28.4 Å². The molecule has 0 saturated carbocycles. The van der Waals surface area contributed by atoms with Crippen molar-refractivity contribution in [3.8, 4) is 11.6 Å². The van der Waals surface area contributed by atoms with Crippen LogP contribution in [0.2, 0.25) is 5.02 Å². The van der Waals surface area contributed by atoms with Crippen LogP contribution in [0.25, 0.3) is 26.4 Å². The Labute approximate surface area is 136 Å². The maximum absolute atomic E-state index is 12.5. The summed E-state index contributed by atoms with van der Waals surface area (Å²) in [4.78, 5) is 17.0. The van der Waals surface area contributed by atoms with Crippen LogP contribution >= 0.6 is 11.6 Å². The van der Waals surface area contributed by atoms with Crippen molar-refractivity contribution in [2.24, 2.45) is 0 Å². The normalized spacial score (nSPS) is 11.3. The number of hydrogen-bond donors (Lipinski definition) is 1. The topological polar surface area (TPSA) is 55.1 Å². The molecular formula is C16H9ClN2O2Se. The Balaban J connectivity index is 2.01. The number of fused-ring (bicyclic) bond motifs is 2. The molecule has 4 rings (SSSR count). The molecule has 2 aromatic carbocycles. The number of hydrogen-bond acceptors (Lipinski definition) is 3. The van der Waals surface area contributed by atoms with E-state index < -0.39 is 0 Å². The molecule has 0 aliphatic rings. The molecule has 108 valence electrons. The van der Waals surface area contributed by atoms with Gasteiger partial charge in [0.2, 0.25) is 0 Å². The monoisotopic (exact) mass is 376 g/mol. The van der Waals surface area contributed by atoms with Crippen molar-refractivity contribution in [2.45, 2.75) is 0 Å². The molecule has 0 fully saturated rings. The van der Waals surface area contributed by atoms with Gasteiger partial charge in [0.25, 0.3) is 0 Å². The predicted octanol–water partition coefficient (Wildman–Crippen LogP) is 2.95. The average molecular weight is 376 g/mol. The summed E-state index contributed by atoms with van der Waals surface area (Å²) < 4.78 is 2.60. The third-order valence-corrected chi connectivity index (χ3v) is 5.92. The van der Waals surface area contributed by atoms with E-state index in [1.165, 1.54) is 0 Å². The third-order valence-electron chi connectivity index (χ3n) is 3.44. The molecule has 6 heteroatoms. The van der Waals surface area contributed by atoms with E-state index in [1.54, 1.807) is 33.9 Å². The number of benzene rings is 2. The van der Waals surface area contributed by atoms with Crippen molar-refractivity contribution in [2.75, 3.05) is 0 Å². The predicted molar refractivity (Wildman–Crippen MR) is 88.5 cm³/mol. The van der Waals surface area contributed by atoms with Gasteiger partial charge in [-0.15, -0.1) is 0 Å². The van der Waals surface area contributed by atoms with Crippen LogP contribution in [0.4, 0.5) is 0 Å². The number of halogens is 1. The van der Waals surface area contributed by atoms with Gasteiger partial charge in [0, 0.05) is 0 Å². The summed E-state index contributed by atoms with van der Waals surface area (Å²) >= 11 is 5.79. The molecule has 0 unspecified atom stereocenters. The second-order valence-corrected chi connectivity index (χ2v) is 7.36. The molecule has 0 radical (unpaired) electrons. The molecule has 0 atom stereocenters. The van der Waals surface area contributed by atoms with Crippen LogP contribution in [0.5, 0.6) is 5.75 Å². The Morgan fingerprint density at radius 1 is 1.14 bits per heavy atom. The zero-order chi connectivity index (χ0) is 15.3.